The minimum atomic E-state index is -1.34. The van der Waals surface area contributed by atoms with Gasteiger partial charge in [0.2, 0.25) is 0 Å². The number of carbonyl (C=O) groups excluding carboxylic acids is 2. The van der Waals surface area contributed by atoms with Gasteiger partial charge in [-0.3, -0.25) is 0 Å². The Morgan fingerprint density at radius 3 is 1.35 bits per heavy atom. The third-order valence-electron chi connectivity index (χ3n) is 6.91. The normalized spacial score (nSPS) is 9.60. The summed E-state index contributed by atoms with van der Waals surface area (Å²) in [6, 6.07) is 33.6. The van der Waals surface area contributed by atoms with Gasteiger partial charge in [0, 0.05) is 24.4 Å². The van der Waals surface area contributed by atoms with E-state index in [4.69, 9.17) is 24.6 Å². The molecule has 284 valence electrons. The van der Waals surface area contributed by atoms with Crippen molar-refractivity contribution in [3.05, 3.63) is 144 Å². The van der Waals surface area contributed by atoms with E-state index in [1.165, 1.54) is 22.7 Å². The van der Waals surface area contributed by atoms with Gasteiger partial charge in [0.1, 0.15) is 0 Å². The number of aryl methyl sites for hydroxylation is 3. The molecule has 0 amide bonds. The minimum absolute atomic E-state index is 0. The molecule has 0 radical (unpaired) electrons. The maximum absolute atomic E-state index is 11.8. The van der Waals surface area contributed by atoms with Crippen LogP contribution in [0.5, 0.6) is 0 Å². The summed E-state index contributed by atoms with van der Waals surface area (Å²) in [7, 11) is -1.34. The Morgan fingerprint density at radius 1 is 0.618 bits per heavy atom. The number of hydrogen-bond acceptors (Lipinski definition) is 11. The van der Waals surface area contributed by atoms with Gasteiger partial charge in [-0.05, 0) is 85.3 Å². The van der Waals surface area contributed by atoms with Gasteiger partial charge in [-0.1, -0.05) is 91.0 Å². The second kappa shape index (κ2) is 25.7. The van der Waals surface area contributed by atoms with Crippen LogP contribution >= 0.6 is 49.9 Å². The van der Waals surface area contributed by atoms with Crippen molar-refractivity contribution >= 4 is 80.4 Å². The molecule has 6 rings (SSSR count). The van der Waals surface area contributed by atoms with Crippen LogP contribution in [0.2, 0.25) is 0 Å². The first-order valence-electron chi connectivity index (χ1n) is 16.4. The molecule has 0 aliphatic carbocycles. The van der Waals surface area contributed by atoms with Crippen LogP contribution in [0.4, 0.5) is 0 Å². The van der Waals surface area contributed by atoms with Crippen molar-refractivity contribution in [2.45, 2.75) is 34.6 Å². The summed E-state index contributed by atoms with van der Waals surface area (Å²) in [6.45, 7) is 10.3. The van der Waals surface area contributed by atoms with Crippen molar-refractivity contribution in [2.75, 3.05) is 13.2 Å². The van der Waals surface area contributed by atoms with Gasteiger partial charge in [0.25, 0.3) is 0 Å². The van der Waals surface area contributed by atoms with E-state index in [0.717, 1.165) is 39.3 Å². The van der Waals surface area contributed by atoms with Crippen LogP contribution in [-0.4, -0.2) is 58.9 Å². The summed E-state index contributed by atoms with van der Waals surface area (Å²) < 4.78 is 10.8. The molecule has 0 unspecified atom stereocenters. The molecule has 3 aromatic heterocycles. The third kappa shape index (κ3) is 15.9. The van der Waals surface area contributed by atoms with E-state index in [9.17, 15) is 14.4 Å². The molecule has 0 fully saturated rings. The number of carbonyl (C=O) groups is 3. The fourth-order valence-electron chi connectivity index (χ4n) is 4.61. The van der Waals surface area contributed by atoms with Gasteiger partial charge in [0.15, 0.2) is 0 Å². The molecule has 0 aliphatic heterocycles. The van der Waals surface area contributed by atoms with Crippen molar-refractivity contribution < 1.29 is 74.0 Å². The van der Waals surface area contributed by atoms with Gasteiger partial charge >= 0.3 is 54.6 Å². The molecule has 3 heterocycles. The van der Waals surface area contributed by atoms with Crippen LogP contribution in [0.3, 0.4) is 0 Å². The van der Waals surface area contributed by atoms with Gasteiger partial charge in [-0.25, -0.2) is 14.4 Å². The molecule has 4 N–H and O–H groups in total. The molecular weight excluding hydrogens is 834 g/mol. The van der Waals surface area contributed by atoms with E-state index < -0.39 is 13.1 Å². The molecule has 0 bridgehead atoms. The van der Waals surface area contributed by atoms with Crippen molar-refractivity contribution in [2.24, 2.45) is 0 Å². The van der Waals surface area contributed by atoms with Crippen LogP contribution in [0.1, 0.15) is 59.6 Å². The van der Waals surface area contributed by atoms with E-state index >= 15 is 0 Å². The Morgan fingerprint density at radius 2 is 0.982 bits per heavy atom. The second-order valence-electron chi connectivity index (χ2n) is 11.0. The van der Waals surface area contributed by atoms with Gasteiger partial charge < -0.3 is 30.1 Å². The first-order chi connectivity index (χ1) is 25.4. The van der Waals surface area contributed by atoms with Gasteiger partial charge in [-0.2, -0.15) is 0 Å². The largest absolute Gasteiger partial charge is 1.00 e. The fourth-order valence-corrected chi connectivity index (χ4v) is 8.38. The zero-order valence-electron chi connectivity index (χ0n) is 31.3. The van der Waals surface area contributed by atoms with E-state index in [1.807, 2.05) is 107 Å². The number of carboxylic acid groups (broad SMARTS) is 1. The number of aromatic carboxylic acids is 1. The van der Waals surface area contributed by atoms with Crippen LogP contribution < -0.4 is 35.0 Å². The van der Waals surface area contributed by atoms with Gasteiger partial charge in [-0.15, -0.1) is 34.0 Å². The summed E-state index contributed by atoms with van der Waals surface area (Å²) in [5.41, 5.74) is 4.24. The monoisotopic (exact) mass is 874 g/mol. The number of carboxylic acids is 1. The van der Waals surface area contributed by atoms with E-state index in [0.29, 0.717) is 35.4 Å². The zero-order chi connectivity index (χ0) is 38.9. The first-order valence-corrected chi connectivity index (χ1v) is 19.7. The average molecular weight is 876 g/mol. The van der Waals surface area contributed by atoms with E-state index in [2.05, 4.69) is 15.9 Å². The molecule has 0 aliphatic rings. The fraction of sp³-hybridized carbons (Fsp3) is 0.175. The summed E-state index contributed by atoms with van der Waals surface area (Å²) >= 11 is 7.98. The Labute approximate surface area is 364 Å². The smallest absolute Gasteiger partial charge is 0.870 e. The number of benzene rings is 3. The van der Waals surface area contributed by atoms with Crippen molar-refractivity contribution in [1.29, 1.82) is 0 Å². The van der Waals surface area contributed by atoms with Gasteiger partial charge in [0.05, 0.1) is 33.7 Å². The number of halogens is 1. The summed E-state index contributed by atoms with van der Waals surface area (Å²) in [4.78, 5) is 39.1. The van der Waals surface area contributed by atoms with Crippen molar-refractivity contribution in [3.63, 3.8) is 0 Å². The topological polar surface area (TPSA) is 160 Å². The Bertz CT molecular complexity index is 2050. The minimum Gasteiger partial charge on any atom is -0.870 e. The molecule has 55 heavy (non-hydrogen) atoms. The molecule has 3 aromatic carbocycles. The van der Waals surface area contributed by atoms with Crippen LogP contribution in [0, 0.1) is 20.8 Å². The van der Waals surface area contributed by atoms with E-state index in [-0.39, 0.29) is 47.0 Å². The van der Waals surface area contributed by atoms with Crippen LogP contribution in [0.15, 0.2) is 113 Å². The molecule has 0 atom stereocenters. The number of ether oxygens (including phenoxy) is 2. The Hall–Kier alpha value is -3.41. The molecule has 15 heteroatoms. The summed E-state index contributed by atoms with van der Waals surface area (Å²) in [5.74, 6) is -1.36. The Balaban J connectivity index is 0.000000371. The predicted octanol–water partition coefficient (Wildman–Crippen LogP) is 6.51. The summed E-state index contributed by atoms with van der Waals surface area (Å²) in [5, 5.41) is 26.2. The molecular formula is C40H41BBrNaO9S3. The molecule has 6 aromatic rings. The Kier molecular flexibility index (Phi) is 23.2. The van der Waals surface area contributed by atoms with Crippen LogP contribution in [-0.2, 0) is 9.47 Å². The number of thiophene rings is 3. The number of esters is 2. The summed E-state index contributed by atoms with van der Waals surface area (Å²) in [6.07, 6.45) is 0. The SMILES string of the molecule is CCOC(=O)c1cc(C)sc1-c1ccccc1.CCOC(=O)c1cc(C)sc1Br.Cc1cc(C(=O)O)c(-c2ccccc2)s1.OB(O)c1ccccc1.[Na+].[OH-]. The average Bonchev–Trinajstić information content (AvgIpc) is 3.85. The quantitative estimate of drug-likeness (QED) is 0.114. The molecule has 9 nitrogen and oxygen atoms in total. The maximum Gasteiger partial charge on any atom is 1.00 e. The maximum atomic E-state index is 11.8. The zero-order valence-corrected chi connectivity index (χ0v) is 37.4. The standard InChI is InChI=1S/C14H14O2S.C12H10O2S.C8H9BrO2S.C6H7BO2.Na.H2O/c1-3-16-14(15)12-9-10(2)17-13(12)11-7-5-4-6-8-11;1-8-7-10(12(13)14)11(15-8)9-5-3-2-4-6-9;1-3-11-8(10)6-4-5(2)12-7(6)9;8-7(9)6-4-2-1-3-5-6;;/h4-9H,3H2,1-2H3;2-7H,1H3,(H,13,14);4H,3H2,1-2H3;1-5,8-9H;;1H2/q;;;;+1;/p-1. The number of rotatable bonds is 8. The van der Waals surface area contributed by atoms with Crippen molar-refractivity contribution in [1.82, 2.24) is 0 Å². The molecule has 0 saturated heterocycles. The van der Waals surface area contributed by atoms with Crippen LogP contribution in [0.25, 0.3) is 20.9 Å². The number of hydrogen-bond donors (Lipinski definition) is 3. The van der Waals surface area contributed by atoms with Crippen molar-refractivity contribution in [3.8, 4) is 20.9 Å². The predicted molar refractivity (Wildman–Crippen MR) is 223 cm³/mol. The third-order valence-corrected chi connectivity index (χ3v) is 10.9. The molecule has 0 saturated carbocycles. The van der Waals surface area contributed by atoms with E-state index in [1.54, 1.807) is 48.6 Å². The molecule has 0 spiro atoms. The second-order valence-corrected chi connectivity index (χ2v) is 16.1. The first kappa shape index (κ1) is 49.6.